The molecule has 0 atom stereocenters. The lowest BCUT2D eigenvalue weighted by Crippen LogP contribution is -1.94. The van der Waals surface area contributed by atoms with Gasteiger partial charge in [0, 0.05) is 11.6 Å². The molecule has 0 radical (unpaired) electrons. The van der Waals surface area contributed by atoms with Crippen molar-refractivity contribution >= 4 is 11.0 Å². The summed E-state index contributed by atoms with van der Waals surface area (Å²) in [5.74, 6) is 0.874. The summed E-state index contributed by atoms with van der Waals surface area (Å²) in [6, 6.07) is 15.8. The van der Waals surface area contributed by atoms with E-state index in [0.29, 0.717) is 6.61 Å². The molecular weight excluding hydrogens is 212 g/mol. The van der Waals surface area contributed by atoms with Crippen LogP contribution in [0.1, 0.15) is 5.69 Å². The van der Waals surface area contributed by atoms with E-state index in [1.807, 2.05) is 42.5 Å². The molecule has 2 heterocycles. The fourth-order valence-electron chi connectivity index (χ4n) is 1.77. The number of H-pyrrole nitrogens is 1. The first-order valence-corrected chi connectivity index (χ1v) is 5.52. The first kappa shape index (κ1) is 9.90. The molecule has 0 bridgehead atoms. The number of nitrogens with zero attached hydrogens (tertiary/aromatic N) is 1. The molecule has 3 heteroatoms. The van der Waals surface area contributed by atoms with Gasteiger partial charge in [-0.3, -0.25) is 0 Å². The lowest BCUT2D eigenvalue weighted by molar-refractivity contribution is 0.302. The minimum Gasteiger partial charge on any atom is -0.487 e. The number of aromatic nitrogens is 2. The first-order chi connectivity index (χ1) is 8.42. The standard InChI is InChI=1S/C14H12N2O/c1-2-6-13(7-3-1)17-10-12-9-11-5-4-8-15-14(11)16-12/h1-9H,10H2,(H,15,16). The fraction of sp³-hybridized carbons (Fsp3) is 0.0714. The second-order valence-electron chi connectivity index (χ2n) is 3.84. The van der Waals surface area contributed by atoms with Gasteiger partial charge in [-0.05, 0) is 30.3 Å². The van der Waals surface area contributed by atoms with Crippen LogP contribution in [0.3, 0.4) is 0 Å². The molecule has 0 aliphatic heterocycles. The van der Waals surface area contributed by atoms with Crippen molar-refractivity contribution in [2.75, 3.05) is 0 Å². The quantitative estimate of drug-likeness (QED) is 0.742. The maximum Gasteiger partial charge on any atom is 0.137 e. The van der Waals surface area contributed by atoms with Gasteiger partial charge in [0.1, 0.15) is 18.0 Å². The molecule has 0 saturated heterocycles. The second kappa shape index (κ2) is 4.29. The fourth-order valence-corrected chi connectivity index (χ4v) is 1.77. The molecule has 1 N–H and O–H groups in total. The van der Waals surface area contributed by atoms with Crippen LogP contribution in [0.2, 0.25) is 0 Å². The Balaban J connectivity index is 1.77. The normalized spacial score (nSPS) is 10.6. The predicted molar refractivity (Wildman–Crippen MR) is 66.9 cm³/mol. The van der Waals surface area contributed by atoms with Gasteiger partial charge in [0.25, 0.3) is 0 Å². The zero-order valence-corrected chi connectivity index (χ0v) is 9.26. The lowest BCUT2D eigenvalue weighted by Gasteiger charge is -2.03. The minimum atomic E-state index is 0.528. The molecule has 3 aromatic rings. The highest BCUT2D eigenvalue weighted by molar-refractivity contribution is 5.76. The van der Waals surface area contributed by atoms with E-state index in [1.54, 1.807) is 6.20 Å². The molecule has 0 unspecified atom stereocenters. The monoisotopic (exact) mass is 224 g/mol. The highest BCUT2D eigenvalue weighted by Crippen LogP contribution is 2.15. The molecule has 3 nitrogen and oxygen atoms in total. The predicted octanol–water partition coefficient (Wildman–Crippen LogP) is 3.14. The Morgan fingerprint density at radius 2 is 1.94 bits per heavy atom. The van der Waals surface area contributed by atoms with Crippen molar-refractivity contribution in [2.24, 2.45) is 0 Å². The number of nitrogens with one attached hydrogen (secondary N) is 1. The molecule has 84 valence electrons. The molecule has 2 aromatic heterocycles. The molecule has 0 spiro atoms. The molecule has 3 rings (SSSR count). The Morgan fingerprint density at radius 3 is 2.76 bits per heavy atom. The highest BCUT2D eigenvalue weighted by atomic mass is 16.5. The third-order valence-corrected chi connectivity index (χ3v) is 2.59. The maximum absolute atomic E-state index is 5.66. The smallest absolute Gasteiger partial charge is 0.137 e. The molecule has 1 aromatic carbocycles. The van der Waals surface area contributed by atoms with E-state index < -0.39 is 0 Å². The Hall–Kier alpha value is -2.29. The van der Waals surface area contributed by atoms with Gasteiger partial charge in [-0.25, -0.2) is 4.98 Å². The Labute approximate surface area is 99.1 Å². The van der Waals surface area contributed by atoms with Crippen molar-refractivity contribution < 1.29 is 4.74 Å². The highest BCUT2D eigenvalue weighted by Gasteiger charge is 2.01. The number of rotatable bonds is 3. The number of pyridine rings is 1. The Morgan fingerprint density at radius 1 is 1.06 bits per heavy atom. The number of hydrogen-bond acceptors (Lipinski definition) is 2. The number of para-hydroxylation sites is 1. The first-order valence-electron chi connectivity index (χ1n) is 5.52. The zero-order valence-electron chi connectivity index (χ0n) is 9.26. The van der Waals surface area contributed by atoms with Crippen LogP contribution in [0, 0.1) is 0 Å². The van der Waals surface area contributed by atoms with Crippen molar-refractivity contribution in [2.45, 2.75) is 6.61 Å². The Bertz CT molecular complexity index is 583. The summed E-state index contributed by atoms with van der Waals surface area (Å²) < 4.78 is 5.66. The number of ether oxygens (including phenoxy) is 1. The number of benzene rings is 1. The van der Waals surface area contributed by atoms with Gasteiger partial charge >= 0.3 is 0 Å². The van der Waals surface area contributed by atoms with E-state index in [1.165, 1.54) is 0 Å². The van der Waals surface area contributed by atoms with Gasteiger partial charge in [0.15, 0.2) is 0 Å². The molecule has 0 saturated carbocycles. The van der Waals surface area contributed by atoms with Gasteiger partial charge in [-0.15, -0.1) is 0 Å². The third-order valence-electron chi connectivity index (χ3n) is 2.59. The third kappa shape index (κ3) is 2.13. The van der Waals surface area contributed by atoms with Crippen molar-refractivity contribution in [3.05, 3.63) is 60.4 Å². The van der Waals surface area contributed by atoms with Crippen LogP contribution in [0.5, 0.6) is 5.75 Å². The van der Waals surface area contributed by atoms with Crippen LogP contribution >= 0.6 is 0 Å². The van der Waals surface area contributed by atoms with Crippen LogP contribution < -0.4 is 4.74 Å². The molecule has 17 heavy (non-hydrogen) atoms. The van der Waals surface area contributed by atoms with Gasteiger partial charge in [0.05, 0.1) is 5.69 Å². The van der Waals surface area contributed by atoms with Gasteiger partial charge in [0.2, 0.25) is 0 Å². The van der Waals surface area contributed by atoms with Crippen molar-refractivity contribution in [3.8, 4) is 5.75 Å². The van der Waals surface area contributed by atoms with Gasteiger partial charge in [-0.1, -0.05) is 18.2 Å². The van der Waals surface area contributed by atoms with Crippen molar-refractivity contribution in [3.63, 3.8) is 0 Å². The molecular formula is C14H12N2O. The van der Waals surface area contributed by atoms with E-state index in [0.717, 1.165) is 22.5 Å². The number of aromatic amines is 1. The van der Waals surface area contributed by atoms with Crippen LogP contribution in [-0.2, 0) is 6.61 Å². The van der Waals surface area contributed by atoms with Crippen LogP contribution in [0.4, 0.5) is 0 Å². The van der Waals surface area contributed by atoms with Crippen molar-refractivity contribution in [1.82, 2.24) is 9.97 Å². The van der Waals surface area contributed by atoms with E-state index in [2.05, 4.69) is 16.0 Å². The number of fused-ring (bicyclic) bond motifs is 1. The summed E-state index contributed by atoms with van der Waals surface area (Å²) in [7, 11) is 0. The summed E-state index contributed by atoms with van der Waals surface area (Å²) in [4.78, 5) is 7.48. The van der Waals surface area contributed by atoms with Gasteiger partial charge in [-0.2, -0.15) is 0 Å². The van der Waals surface area contributed by atoms with E-state index in [4.69, 9.17) is 4.74 Å². The van der Waals surface area contributed by atoms with Crippen LogP contribution in [0.25, 0.3) is 11.0 Å². The van der Waals surface area contributed by atoms with Crippen LogP contribution in [-0.4, -0.2) is 9.97 Å². The summed E-state index contributed by atoms with van der Waals surface area (Å²) in [5, 5.41) is 1.11. The van der Waals surface area contributed by atoms with E-state index in [-0.39, 0.29) is 0 Å². The lowest BCUT2D eigenvalue weighted by atomic mass is 10.3. The SMILES string of the molecule is c1ccc(OCc2cc3cccnc3[nH]2)cc1. The largest absolute Gasteiger partial charge is 0.487 e. The summed E-state index contributed by atoms with van der Waals surface area (Å²) in [5.41, 5.74) is 1.93. The van der Waals surface area contributed by atoms with E-state index in [9.17, 15) is 0 Å². The summed E-state index contributed by atoms with van der Waals surface area (Å²) in [6.07, 6.45) is 1.78. The summed E-state index contributed by atoms with van der Waals surface area (Å²) in [6.45, 7) is 0.528. The summed E-state index contributed by atoms with van der Waals surface area (Å²) >= 11 is 0. The van der Waals surface area contributed by atoms with Crippen molar-refractivity contribution in [1.29, 1.82) is 0 Å². The Kier molecular flexibility index (Phi) is 2.50. The van der Waals surface area contributed by atoms with Gasteiger partial charge < -0.3 is 9.72 Å². The number of hydrogen-bond donors (Lipinski definition) is 1. The van der Waals surface area contributed by atoms with Crippen LogP contribution in [0.15, 0.2) is 54.7 Å². The average molecular weight is 224 g/mol. The average Bonchev–Trinajstić information content (AvgIpc) is 2.80. The molecule has 0 amide bonds. The zero-order chi connectivity index (χ0) is 11.5. The molecule has 0 fully saturated rings. The minimum absolute atomic E-state index is 0.528. The molecule has 0 aliphatic carbocycles. The topological polar surface area (TPSA) is 37.9 Å². The second-order valence-corrected chi connectivity index (χ2v) is 3.84. The maximum atomic E-state index is 5.66. The van der Waals surface area contributed by atoms with E-state index >= 15 is 0 Å². The molecule has 0 aliphatic rings.